The first-order chi connectivity index (χ1) is 9.13. The summed E-state index contributed by atoms with van der Waals surface area (Å²) in [6.07, 6.45) is 1.62. The van der Waals surface area contributed by atoms with Crippen molar-refractivity contribution in [3.8, 4) is 6.07 Å². The second-order valence-corrected chi connectivity index (χ2v) is 4.46. The first kappa shape index (κ1) is 13.2. The fourth-order valence-corrected chi connectivity index (χ4v) is 2.16. The van der Waals surface area contributed by atoms with Gasteiger partial charge in [-0.05, 0) is 26.8 Å². The number of hydrogen-bond donors (Lipinski definition) is 1. The minimum atomic E-state index is 0.109. The molecule has 0 amide bonds. The third kappa shape index (κ3) is 2.80. The molecule has 19 heavy (non-hydrogen) atoms. The van der Waals surface area contributed by atoms with Gasteiger partial charge < -0.3 is 9.84 Å². The molecule has 2 aromatic rings. The number of nitriles is 1. The zero-order valence-electron chi connectivity index (χ0n) is 11.3. The van der Waals surface area contributed by atoms with Crippen LogP contribution in [0.2, 0.25) is 0 Å². The summed E-state index contributed by atoms with van der Waals surface area (Å²) in [6.45, 7) is 6.46. The van der Waals surface area contributed by atoms with Crippen molar-refractivity contribution in [2.45, 2.75) is 33.4 Å². The molecule has 98 valence electrons. The normalized spacial score (nSPS) is 12.1. The Morgan fingerprint density at radius 1 is 1.47 bits per heavy atom. The van der Waals surface area contributed by atoms with E-state index in [4.69, 9.17) is 9.78 Å². The van der Waals surface area contributed by atoms with Gasteiger partial charge in [0.2, 0.25) is 0 Å². The van der Waals surface area contributed by atoms with Gasteiger partial charge in [-0.15, -0.1) is 0 Å². The van der Waals surface area contributed by atoms with E-state index in [0.717, 1.165) is 22.6 Å². The van der Waals surface area contributed by atoms with E-state index in [1.165, 1.54) is 0 Å². The Labute approximate surface area is 112 Å². The zero-order valence-corrected chi connectivity index (χ0v) is 11.3. The first-order valence-electron chi connectivity index (χ1n) is 6.13. The van der Waals surface area contributed by atoms with Crippen LogP contribution in [0.5, 0.6) is 0 Å². The summed E-state index contributed by atoms with van der Waals surface area (Å²) in [4.78, 5) is 4.04. The predicted octanol–water partition coefficient (Wildman–Crippen LogP) is 2.41. The monoisotopic (exact) mass is 256 g/mol. The summed E-state index contributed by atoms with van der Waals surface area (Å²) in [5.41, 5.74) is 3.32. The van der Waals surface area contributed by atoms with E-state index >= 15 is 0 Å². The maximum atomic E-state index is 8.99. The molecule has 0 radical (unpaired) electrons. The van der Waals surface area contributed by atoms with Crippen molar-refractivity contribution >= 4 is 0 Å². The molecule has 0 aliphatic carbocycles. The maximum Gasteiger partial charge on any atom is 0.144 e. The Balaban J connectivity index is 2.09. The van der Waals surface area contributed by atoms with Gasteiger partial charge in [0.25, 0.3) is 0 Å². The third-order valence-electron chi connectivity index (χ3n) is 3.12. The number of aromatic nitrogens is 2. The summed E-state index contributed by atoms with van der Waals surface area (Å²) in [5.74, 6) is 0.823. The Hall–Kier alpha value is -2.19. The minimum absolute atomic E-state index is 0.109. The molecule has 2 rings (SSSR count). The van der Waals surface area contributed by atoms with Crippen LogP contribution in [0, 0.1) is 25.2 Å². The fourth-order valence-electron chi connectivity index (χ4n) is 2.16. The van der Waals surface area contributed by atoms with Crippen LogP contribution in [0.3, 0.4) is 0 Å². The molecule has 0 saturated heterocycles. The molecular weight excluding hydrogens is 240 g/mol. The van der Waals surface area contributed by atoms with Gasteiger partial charge >= 0.3 is 0 Å². The van der Waals surface area contributed by atoms with Crippen molar-refractivity contribution in [3.05, 3.63) is 46.6 Å². The second-order valence-electron chi connectivity index (χ2n) is 4.46. The molecule has 2 heterocycles. The summed E-state index contributed by atoms with van der Waals surface area (Å²) in [7, 11) is 0. The highest BCUT2D eigenvalue weighted by molar-refractivity contribution is 5.31. The Bertz CT molecular complexity index is 593. The lowest BCUT2D eigenvalue weighted by atomic mass is 10.1. The smallest absolute Gasteiger partial charge is 0.144 e. The van der Waals surface area contributed by atoms with Crippen molar-refractivity contribution in [2.75, 3.05) is 0 Å². The van der Waals surface area contributed by atoms with Gasteiger partial charge in [0.05, 0.1) is 5.69 Å². The maximum absolute atomic E-state index is 8.99. The number of pyridine rings is 1. The zero-order chi connectivity index (χ0) is 13.8. The highest BCUT2D eigenvalue weighted by Crippen LogP contribution is 2.21. The molecule has 0 bridgehead atoms. The van der Waals surface area contributed by atoms with E-state index in [0.29, 0.717) is 12.2 Å². The molecule has 5 nitrogen and oxygen atoms in total. The topological polar surface area (TPSA) is 74.7 Å². The van der Waals surface area contributed by atoms with Crippen LogP contribution < -0.4 is 5.32 Å². The average Bonchev–Trinajstić information content (AvgIpc) is 2.76. The lowest BCUT2D eigenvalue weighted by Crippen LogP contribution is -2.19. The highest BCUT2D eigenvalue weighted by atomic mass is 16.5. The molecule has 1 unspecified atom stereocenters. The van der Waals surface area contributed by atoms with Crippen molar-refractivity contribution in [3.63, 3.8) is 0 Å². The van der Waals surface area contributed by atoms with Gasteiger partial charge in [-0.25, -0.2) is 4.98 Å². The van der Waals surface area contributed by atoms with Gasteiger partial charge in [-0.3, -0.25) is 0 Å². The molecular formula is C14H16N4O. The van der Waals surface area contributed by atoms with E-state index in [1.807, 2.05) is 26.0 Å². The number of nitrogens with zero attached hydrogens (tertiary/aromatic N) is 3. The Morgan fingerprint density at radius 3 is 2.89 bits per heavy atom. The fraction of sp³-hybridized carbons (Fsp3) is 0.357. The molecule has 0 aliphatic rings. The largest absolute Gasteiger partial charge is 0.361 e. The summed E-state index contributed by atoms with van der Waals surface area (Å²) in [5, 5.41) is 16.3. The van der Waals surface area contributed by atoms with Gasteiger partial charge in [-0.1, -0.05) is 11.2 Å². The van der Waals surface area contributed by atoms with Crippen molar-refractivity contribution in [1.29, 1.82) is 5.26 Å². The van der Waals surface area contributed by atoms with E-state index < -0.39 is 0 Å². The molecule has 0 fully saturated rings. The first-order valence-corrected chi connectivity index (χ1v) is 6.13. The summed E-state index contributed by atoms with van der Waals surface area (Å²) < 4.78 is 5.16. The lowest BCUT2D eigenvalue weighted by molar-refractivity contribution is 0.390. The van der Waals surface area contributed by atoms with E-state index in [1.54, 1.807) is 6.20 Å². The average molecular weight is 256 g/mol. The van der Waals surface area contributed by atoms with E-state index in [-0.39, 0.29) is 6.04 Å². The molecule has 0 saturated carbocycles. The predicted molar refractivity (Wildman–Crippen MR) is 70.2 cm³/mol. The van der Waals surface area contributed by atoms with E-state index in [9.17, 15) is 0 Å². The SMILES string of the molecule is Cc1noc(C)c1C(C)NCc1cccnc1C#N. The number of rotatable bonds is 4. The Morgan fingerprint density at radius 2 is 2.26 bits per heavy atom. The van der Waals surface area contributed by atoms with Gasteiger partial charge in [0.15, 0.2) is 0 Å². The number of aryl methyl sites for hydroxylation is 2. The molecule has 1 atom stereocenters. The lowest BCUT2D eigenvalue weighted by Gasteiger charge is -2.14. The molecule has 5 heteroatoms. The van der Waals surface area contributed by atoms with Crippen LogP contribution in [0.25, 0.3) is 0 Å². The number of hydrogen-bond acceptors (Lipinski definition) is 5. The van der Waals surface area contributed by atoms with Crippen LogP contribution in [0.4, 0.5) is 0 Å². The molecule has 1 N–H and O–H groups in total. The van der Waals surface area contributed by atoms with Crippen LogP contribution in [-0.4, -0.2) is 10.1 Å². The minimum Gasteiger partial charge on any atom is -0.361 e. The van der Waals surface area contributed by atoms with Gasteiger partial charge in [0.1, 0.15) is 17.5 Å². The van der Waals surface area contributed by atoms with Crippen molar-refractivity contribution in [1.82, 2.24) is 15.5 Å². The summed E-state index contributed by atoms with van der Waals surface area (Å²) >= 11 is 0. The quantitative estimate of drug-likeness (QED) is 0.909. The van der Waals surface area contributed by atoms with Crippen LogP contribution in [0.15, 0.2) is 22.9 Å². The van der Waals surface area contributed by atoms with E-state index in [2.05, 4.69) is 28.5 Å². The molecule has 2 aromatic heterocycles. The number of nitrogens with one attached hydrogen (secondary N) is 1. The van der Waals surface area contributed by atoms with Crippen LogP contribution in [-0.2, 0) is 6.54 Å². The standard InChI is InChI=1S/C14H16N4O/c1-9(14-10(2)18-19-11(14)3)17-8-12-5-4-6-16-13(12)7-15/h4-6,9,17H,8H2,1-3H3. The second kappa shape index (κ2) is 5.63. The van der Waals surface area contributed by atoms with Gasteiger partial charge in [-0.2, -0.15) is 5.26 Å². The Kier molecular flexibility index (Phi) is 3.93. The van der Waals surface area contributed by atoms with Crippen molar-refractivity contribution in [2.24, 2.45) is 0 Å². The third-order valence-corrected chi connectivity index (χ3v) is 3.12. The molecule has 0 aliphatic heterocycles. The molecule has 0 spiro atoms. The van der Waals surface area contributed by atoms with Crippen molar-refractivity contribution < 1.29 is 4.52 Å². The highest BCUT2D eigenvalue weighted by Gasteiger charge is 2.16. The van der Waals surface area contributed by atoms with Crippen LogP contribution in [0.1, 0.15) is 41.2 Å². The molecule has 0 aromatic carbocycles. The summed E-state index contributed by atoms with van der Waals surface area (Å²) in [6, 6.07) is 5.94. The van der Waals surface area contributed by atoms with Gasteiger partial charge in [0, 0.05) is 29.9 Å². The van der Waals surface area contributed by atoms with Crippen LogP contribution >= 0.6 is 0 Å².